The summed E-state index contributed by atoms with van der Waals surface area (Å²) in [5.74, 6) is 0.0371. The van der Waals surface area contributed by atoms with Crippen LogP contribution in [0.5, 0.6) is 0 Å². The smallest absolute Gasteiger partial charge is 0.274 e. The van der Waals surface area contributed by atoms with Gasteiger partial charge in [0.25, 0.3) is 5.91 Å². The molecule has 2 amide bonds. The third-order valence-corrected chi connectivity index (χ3v) is 4.73. The first-order chi connectivity index (χ1) is 11.1. The molecule has 124 valence electrons. The summed E-state index contributed by atoms with van der Waals surface area (Å²) >= 11 is 0. The molecule has 1 aromatic heterocycles. The van der Waals surface area contributed by atoms with E-state index in [1.807, 2.05) is 11.8 Å². The van der Waals surface area contributed by atoms with E-state index in [2.05, 4.69) is 9.97 Å². The number of nitrogens with zero attached hydrogens (tertiary/aromatic N) is 4. The summed E-state index contributed by atoms with van der Waals surface area (Å²) in [7, 11) is 0. The van der Waals surface area contributed by atoms with Gasteiger partial charge in [-0.1, -0.05) is 0 Å². The van der Waals surface area contributed by atoms with Gasteiger partial charge in [-0.15, -0.1) is 0 Å². The Morgan fingerprint density at radius 3 is 2.43 bits per heavy atom. The van der Waals surface area contributed by atoms with Crippen LogP contribution in [-0.4, -0.2) is 57.8 Å². The standard InChI is InChI=1S/C17H24N4O2/c1-13-10-19-15(11-18-13)17(23)21-9-5-6-14(12-21)16(22)20-7-3-2-4-8-20/h10-11,14H,2-9,12H2,1H3. The predicted molar refractivity (Wildman–Crippen MR) is 85.8 cm³/mol. The van der Waals surface area contributed by atoms with Crippen LogP contribution in [0.4, 0.5) is 0 Å². The van der Waals surface area contributed by atoms with E-state index in [1.54, 1.807) is 11.1 Å². The minimum absolute atomic E-state index is 0.0655. The maximum absolute atomic E-state index is 12.7. The van der Waals surface area contributed by atoms with E-state index >= 15 is 0 Å². The van der Waals surface area contributed by atoms with E-state index in [0.29, 0.717) is 18.8 Å². The molecule has 0 spiro atoms. The van der Waals surface area contributed by atoms with Crippen molar-refractivity contribution in [3.63, 3.8) is 0 Å². The summed E-state index contributed by atoms with van der Waals surface area (Å²) in [4.78, 5) is 37.3. The zero-order valence-electron chi connectivity index (χ0n) is 13.7. The Hall–Kier alpha value is -1.98. The number of aromatic nitrogens is 2. The van der Waals surface area contributed by atoms with Gasteiger partial charge >= 0.3 is 0 Å². The molecule has 0 aliphatic carbocycles. The van der Waals surface area contributed by atoms with Gasteiger partial charge in [0.05, 0.1) is 17.8 Å². The number of piperidine rings is 2. The largest absolute Gasteiger partial charge is 0.342 e. The van der Waals surface area contributed by atoms with Gasteiger partial charge in [0.2, 0.25) is 5.91 Å². The lowest BCUT2D eigenvalue weighted by Crippen LogP contribution is -2.48. The summed E-state index contributed by atoms with van der Waals surface area (Å²) in [6.45, 7) is 4.77. The van der Waals surface area contributed by atoms with E-state index in [0.717, 1.165) is 44.5 Å². The molecule has 0 N–H and O–H groups in total. The number of hydrogen-bond donors (Lipinski definition) is 0. The van der Waals surface area contributed by atoms with Crippen LogP contribution in [0.15, 0.2) is 12.4 Å². The molecule has 2 aliphatic heterocycles. The van der Waals surface area contributed by atoms with E-state index < -0.39 is 0 Å². The van der Waals surface area contributed by atoms with E-state index in [1.165, 1.54) is 12.6 Å². The van der Waals surface area contributed by atoms with Gasteiger partial charge in [0.1, 0.15) is 5.69 Å². The lowest BCUT2D eigenvalue weighted by atomic mass is 9.95. The van der Waals surface area contributed by atoms with Crippen LogP contribution >= 0.6 is 0 Å². The van der Waals surface area contributed by atoms with Crippen LogP contribution in [0, 0.1) is 12.8 Å². The molecule has 0 radical (unpaired) electrons. The Balaban J connectivity index is 1.64. The first-order valence-electron chi connectivity index (χ1n) is 8.52. The van der Waals surface area contributed by atoms with Gasteiger partial charge in [0, 0.05) is 32.4 Å². The number of aryl methyl sites for hydroxylation is 1. The zero-order chi connectivity index (χ0) is 16.2. The molecule has 3 rings (SSSR count). The molecule has 2 fully saturated rings. The second kappa shape index (κ2) is 7.06. The molecular formula is C17H24N4O2. The number of likely N-dealkylation sites (tertiary alicyclic amines) is 2. The molecule has 23 heavy (non-hydrogen) atoms. The quantitative estimate of drug-likeness (QED) is 0.832. The topological polar surface area (TPSA) is 66.4 Å². The zero-order valence-corrected chi connectivity index (χ0v) is 13.7. The van der Waals surface area contributed by atoms with Crippen molar-refractivity contribution in [2.75, 3.05) is 26.2 Å². The molecule has 3 heterocycles. The Labute approximate surface area is 136 Å². The Bertz CT molecular complexity index is 566. The van der Waals surface area contributed by atoms with Crippen molar-refractivity contribution in [3.8, 4) is 0 Å². The first kappa shape index (κ1) is 15.9. The molecule has 6 nitrogen and oxygen atoms in total. The van der Waals surface area contributed by atoms with Crippen LogP contribution in [-0.2, 0) is 4.79 Å². The normalized spacial score (nSPS) is 22.0. The highest BCUT2D eigenvalue weighted by molar-refractivity contribution is 5.92. The molecule has 1 atom stereocenters. The van der Waals surface area contributed by atoms with Gasteiger partial charge in [-0.2, -0.15) is 0 Å². The highest BCUT2D eigenvalue weighted by Crippen LogP contribution is 2.22. The molecule has 2 saturated heterocycles. The molecule has 1 aromatic rings. The molecule has 0 bridgehead atoms. The monoisotopic (exact) mass is 316 g/mol. The van der Waals surface area contributed by atoms with Crippen molar-refractivity contribution < 1.29 is 9.59 Å². The second-order valence-corrected chi connectivity index (χ2v) is 6.52. The fourth-order valence-electron chi connectivity index (χ4n) is 3.40. The number of rotatable bonds is 2. The molecule has 2 aliphatic rings. The van der Waals surface area contributed by atoms with Crippen LogP contribution in [0.2, 0.25) is 0 Å². The number of carbonyl (C=O) groups is 2. The maximum Gasteiger partial charge on any atom is 0.274 e. The van der Waals surface area contributed by atoms with Crippen molar-refractivity contribution in [1.29, 1.82) is 0 Å². The fraction of sp³-hybridized carbons (Fsp3) is 0.647. The third kappa shape index (κ3) is 3.68. The van der Waals surface area contributed by atoms with Crippen LogP contribution in [0.1, 0.15) is 48.3 Å². The van der Waals surface area contributed by atoms with Gasteiger partial charge < -0.3 is 9.80 Å². The molecule has 6 heteroatoms. The van der Waals surface area contributed by atoms with Gasteiger partial charge in [-0.3, -0.25) is 14.6 Å². The summed E-state index contributed by atoms with van der Waals surface area (Å²) in [6.07, 6.45) is 8.28. The molecular weight excluding hydrogens is 292 g/mol. The maximum atomic E-state index is 12.7. The number of amides is 2. The Kier molecular flexibility index (Phi) is 4.88. The number of hydrogen-bond acceptors (Lipinski definition) is 4. The van der Waals surface area contributed by atoms with Gasteiger partial charge in [-0.05, 0) is 39.0 Å². The van der Waals surface area contributed by atoms with Crippen molar-refractivity contribution in [1.82, 2.24) is 19.8 Å². The van der Waals surface area contributed by atoms with Crippen molar-refractivity contribution >= 4 is 11.8 Å². The SMILES string of the molecule is Cc1cnc(C(=O)N2CCCC(C(=O)N3CCCCC3)C2)cn1. The average Bonchev–Trinajstić information content (AvgIpc) is 2.62. The fourth-order valence-corrected chi connectivity index (χ4v) is 3.40. The lowest BCUT2D eigenvalue weighted by molar-refractivity contribution is -0.137. The van der Waals surface area contributed by atoms with E-state index in [4.69, 9.17) is 0 Å². The van der Waals surface area contributed by atoms with Gasteiger partial charge in [-0.25, -0.2) is 4.98 Å². The minimum atomic E-state index is -0.117. The first-order valence-corrected chi connectivity index (χ1v) is 8.52. The lowest BCUT2D eigenvalue weighted by Gasteiger charge is -2.36. The summed E-state index contributed by atoms with van der Waals surface area (Å²) in [5, 5.41) is 0. The highest BCUT2D eigenvalue weighted by Gasteiger charge is 2.32. The van der Waals surface area contributed by atoms with Crippen LogP contribution in [0.3, 0.4) is 0 Å². The molecule has 0 aromatic carbocycles. The number of carbonyl (C=O) groups excluding carboxylic acids is 2. The van der Waals surface area contributed by atoms with Crippen molar-refractivity contribution in [2.45, 2.75) is 39.0 Å². The van der Waals surface area contributed by atoms with Gasteiger partial charge in [0.15, 0.2) is 0 Å². The van der Waals surface area contributed by atoms with E-state index in [9.17, 15) is 9.59 Å². The highest BCUT2D eigenvalue weighted by atomic mass is 16.2. The minimum Gasteiger partial charge on any atom is -0.342 e. The summed E-state index contributed by atoms with van der Waals surface area (Å²) in [5.41, 5.74) is 1.15. The average molecular weight is 316 g/mol. The van der Waals surface area contributed by atoms with Crippen LogP contribution in [0.25, 0.3) is 0 Å². The summed E-state index contributed by atoms with van der Waals surface area (Å²) < 4.78 is 0. The van der Waals surface area contributed by atoms with Crippen molar-refractivity contribution in [2.24, 2.45) is 5.92 Å². The predicted octanol–water partition coefficient (Wildman–Crippen LogP) is 1.65. The molecule has 1 unspecified atom stereocenters. The molecule has 0 saturated carbocycles. The Morgan fingerprint density at radius 1 is 1.00 bits per heavy atom. The summed E-state index contributed by atoms with van der Waals surface area (Å²) in [6, 6.07) is 0. The Morgan fingerprint density at radius 2 is 1.74 bits per heavy atom. The van der Waals surface area contributed by atoms with Crippen molar-refractivity contribution in [3.05, 3.63) is 23.8 Å². The second-order valence-electron chi connectivity index (χ2n) is 6.52. The van der Waals surface area contributed by atoms with E-state index in [-0.39, 0.29) is 17.7 Å². The van der Waals surface area contributed by atoms with Crippen LogP contribution < -0.4 is 0 Å². The third-order valence-electron chi connectivity index (χ3n) is 4.73.